The molecule has 138 valence electrons. The van der Waals surface area contributed by atoms with Gasteiger partial charge in [-0.2, -0.15) is 5.26 Å². The third kappa shape index (κ3) is 3.74. The number of aliphatic imine (C=N–C) groups is 2. The Balaban J connectivity index is 1.35. The van der Waals surface area contributed by atoms with Crippen LogP contribution in [-0.4, -0.2) is 42.1 Å². The molecule has 1 saturated heterocycles. The van der Waals surface area contributed by atoms with Crippen LogP contribution in [0.25, 0.3) is 0 Å². The van der Waals surface area contributed by atoms with E-state index in [2.05, 4.69) is 9.98 Å². The van der Waals surface area contributed by atoms with Crippen LogP contribution in [0.1, 0.15) is 24.8 Å². The van der Waals surface area contributed by atoms with Crippen molar-refractivity contribution in [1.82, 2.24) is 4.90 Å². The van der Waals surface area contributed by atoms with Crippen LogP contribution < -0.4 is 4.74 Å². The Morgan fingerprint density at radius 2 is 2.07 bits per heavy atom. The highest BCUT2D eigenvalue weighted by molar-refractivity contribution is 6.39. The molecule has 1 aliphatic carbocycles. The van der Waals surface area contributed by atoms with Crippen LogP contribution in [0.2, 0.25) is 5.02 Å². The molecule has 2 unspecified atom stereocenters. The fraction of sp³-hybridized carbons (Fsp3) is 0.400. The SMILES string of the molecule is N#Cc1ccc(OC2CC3CN(C(=O)C4=NC=CCC=N4)CC3C2)cc1Cl. The van der Waals surface area contributed by atoms with Gasteiger partial charge in [-0.05, 0) is 36.8 Å². The summed E-state index contributed by atoms with van der Waals surface area (Å²) in [5.74, 6) is 1.72. The first-order valence-electron chi connectivity index (χ1n) is 9.05. The van der Waals surface area contributed by atoms with Gasteiger partial charge in [0.05, 0.1) is 16.7 Å². The molecule has 0 spiro atoms. The summed E-state index contributed by atoms with van der Waals surface area (Å²) in [6, 6.07) is 7.20. The van der Waals surface area contributed by atoms with Crippen LogP contribution in [0.4, 0.5) is 0 Å². The molecule has 7 heteroatoms. The number of amidine groups is 1. The van der Waals surface area contributed by atoms with E-state index in [1.165, 1.54) is 0 Å². The lowest BCUT2D eigenvalue weighted by Gasteiger charge is -2.20. The molecule has 3 aliphatic rings. The second-order valence-electron chi connectivity index (χ2n) is 7.08. The van der Waals surface area contributed by atoms with Gasteiger partial charge >= 0.3 is 0 Å². The Kier molecular flexibility index (Phi) is 4.95. The minimum atomic E-state index is -0.0939. The maximum Gasteiger partial charge on any atom is 0.291 e. The molecule has 2 heterocycles. The number of carbonyl (C=O) groups is 1. The van der Waals surface area contributed by atoms with Gasteiger partial charge < -0.3 is 9.64 Å². The third-order valence-electron chi connectivity index (χ3n) is 5.31. The van der Waals surface area contributed by atoms with E-state index in [1.54, 1.807) is 30.6 Å². The van der Waals surface area contributed by atoms with Crippen LogP contribution in [0.15, 0.2) is 40.5 Å². The summed E-state index contributed by atoms with van der Waals surface area (Å²) >= 11 is 6.08. The monoisotopic (exact) mass is 382 g/mol. The summed E-state index contributed by atoms with van der Waals surface area (Å²) in [4.78, 5) is 22.8. The van der Waals surface area contributed by atoms with Gasteiger partial charge in [0.1, 0.15) is 11.8 Å². The van der Waals surface area contributed by atoms with Gasteiger partial charge in [-0.3, -0.25) is 4.79 Å². The summed E-state index contributed by atoms with van der Waals surface area (Å²) in [6.45, 7) is 1.44. The number of carbonyl (C=O) groups excluding carboxylic acids is 1. The Hall–Kier alpha value is -2.65. The molecule has 6 nitrogen and oxygen atoms in total. The number of allylic oxidation sites excluding steroid dienone is 1. The van der Waals surface area contributed by atoms with Gasteiger partial charge in [0.15, 0.2) is 0 Å². The summed E-state index contributed by atoms with van der Waals surface area (Å²) in [5, 5.41) is 9.36. The molecule has 1 amide bonds. The van der Waals surface area contributed by atoms with Crippen molar-refractivity contribution in [2.24, 2.45) is 21.8 Å². The lowest BCUT2D eigenvalue weighted by atomic mass is 10.0. The molecule has 0 aromatic heterocycles. The molecule has 2 atom stereocenters. The quantitative estimate of drug-likeness (QED) is 0.805. The molecule has 2 aliphatic heterocycles. The number of nitriles is 1. The molecule has 2 fully saturated rings. The lowest BCUT2D eigenvalue weighted by Crippen LogP contribution is -2.35. The number of nitrogens with zero attached hydrogens (tertiary/aromatic N) is 4. The number of rotatable bonds is 3. The Bertz CT molecular complexity index is 872. The van der Waals surface area contributed by atoms with Gasteiger partial charge in [0, 0.05) is 38.0 Å². The van der Waals surface area contributed by atoms with E-state index in [0.717, 1.165) is 25.9 Å². The van der Waals surface area contributed by atoms with E-state index >= 15 is 0 Å². The number of hydrogen-bond acceptors (Lipinski definition) is 5. The zero-order valence-electron chi connectivity index (χ0n) is 14.7. The van der Waals surface area contributed by atoms with E-state index in [9.17, 15) is 4.79 Å². The minimum Gasteiger partial charge on any atom is -0.490 e. The number of benzene rings is 1. The molecule has 1 aromatic rings. The molecule has 1 saturated carbocycles. The smallest absolute Gasteiger partial charge is 0.291 e. The van der Waals surface area contributed by atoms with Crippen molar-refractivity contribution in [2.75, 3.05) is 13.1 Å². The normalized spacial score (nSPS) is 26.3. The lowest BCUT2D eigenvalue weighted by molar-refractivity contribution is -0.123. The Morgan fingerprint density at radius 1 is 1.30 bits per heavy atom. The van der Waals surface area contributed by atoms with Crippen molar-refractivity contribution < 1.29 is 9.53 Å². The van der Waals surface area contributed by atoms with Crippen molar-refractivity contribution in [3.8, 4) is 11.8 Å². The fourth-order valence-corrected chi connectivity index (χ4v) is 4.24. The van der Waals surface area contributed by atoms with E-state index in [0.29, 0.717) is 34.6 Å². The van der Waals surface area contributed by atoms with Gasteiger partial charge in [0.2, 0.25) is 5.84 Å². The summed E-state index contributed by atoms with van der Waals surface area (Å²) in [5.41, 5.74) is 0.445. The van der Waals surface area contributed by atoms with Crippen LogP contribution in [0.5, 0.6) is 5.75 Å². The molecule has 4 rings (SSSR count). The Morgan fingerprint density at radius 3 is 2.78 bits per heavy atom. The minimum absolute atomic E-state index is 0.0939. The summed E-state index contributed by atoms with van der Waals surface area (Å²) in [6.07, 6.45) is 7.85. The van der Waals surface area contributed by atoms with E-state index in [1.807, 2.05) is 17.0 Å². The van der Waals surface area contributed by atoms with Gasteiger partial charge in [-0.1, -0.05) is 17.7 Å². The van der Waals surface area contributed by atoms with Gasteiger partial charge in [0.25, 0.3) is 5.91 Å². The fourth-order valence-electron chi connectivity index (χ4n) is 4.03. The number of hydrogen-bond donors (Lipinski definition) is 0. The van der Waals surface area contributed by atoms with Crippen LogP contribution in [0, 0.1) is 23.2 Å². The number of likely N-dealkylation sites (tertiary alicyclic amines) is 1. The largest absolute Gasteiger partial charge is 0.490 e. The highest BCUT2D eigenvalue weighted by Crippen LogP contribution is 2.40. The van der Waals surface area contributed by atoms with E-state index in [4.69, 9.17) is 21.6 Å². The first-order chi connectivity index (χ1) is 13.1. The first-order valence-corrected chi connectivity index (χ1v) is 9.42. The number of ether oxygens (including phenoxy) is 1. The predicted octanol–water partition coefficient (Wildman–Crippen LogP) is 3.21. The van der Waals surface area contributed by atoms with Gasteiger partial charge in [-0.25, -0.2) is 9.98 Å². The molecule has 0 N–H and O–H groups in total. The van der Waals surface area contributed by atoms with E-state index in [-0.39, 0.29) is 17.8 Å². The highest BCUT2D eigenvalue weighted by atomic mass is 35.5. The predicted molar refractivity (Wildman–Crippen MR) is 103 cm³/mol. The standard InChI is InChI=1S/C20H19ClN4O2/c21-18-9-16(4-3-13(18)10-22)27-17-7-14-11-25(12-15(14)8-17)20(26)19-23-5-1-2-6-24-19/h1,3-6,9,14-15,17H,2,7-8,11-12H2. The maximum absolute atomic E-state index is 12.6. The molecule has 0 bridgehead atoms. The third-order valence-corrected chi connectivity index (χ3v) is 5.62. The Labute approximate surface area is 162 Å². The molecule has 0 radical (unpaired) electrons. The molecular formula is C20H19ClN4O2. The van der Waals surface area contributed by atoms with E-state index < -0.39 is 0 Å². The van der Waals surface area contributed by atoms with Crippen molar-refractivity contribution in [3.63, 3.8) is 0 Å². The molecule has 1 aromatic carbocycles. The average Bonchev–Trinajstić information content (AvgIpc) is 3.08. The van der Waals surface area contributed by atoms with Crippen molar-refractivity contribution in [2.45, 2.75) is 25.4 Å². The topological polar surface area (TPSA) is 78.0 Å². The summed E-state index contributed by atoms with van der Waals surface area (Å²) in [7, 11) is 0. The van der Waals surface area contributed by atoms with Crippen molar-refractivity contribution in [3.05, 3.63) is 41.1 Å². The number of halogens is 1. The maximum atomic E-state index is 12.6. The number of amides is 1. The van der Waals surface area contributed by atoms with Crippen LogP contribution in [-0.2, 0) is 4.79 Å². The zero-order valence-corrected chi connectivity index (χ0v) is 15.5. The average molecular weight is 383 g/mol. The van der Waals surface area contributed by atoms with Gasteiger partial charge in [-0.15, -0.1) is 0 Å². The highest BCUT2D eigenvalue weighted by Gasteiger charge is 2.44. The van der Waals surface area contributed by atoms with Crippen LogP contribution >= 0.6 is 11.6 Å². The number of fused-ring (bicyclic) bond motifs is 1. The van der Waals surface area contributed by atoms with Crippen LogP contribution in [0.3, 0.4) is 0 Å². The second kappa shape index (κ2) is 7.53. The molecule has 27 heavy (non-hydrogen) atoms. The molecular weight excluding hydrogens is 364 g/mol. The second-order valence-corrected chi connectivity index (χ2v) is 7.49. The van der Waals surface area contributed by atoms with Crippen molar-refractivity contribution >= 4 is 29.6 Å². The first kappa shape index (κ1) is 17.7. The van der Waals surface area contributed by atoms with Crippen molar-refractivity contribution in [1.29, 1.82) is 5.26 Å². The summed E-state index contributed by atoms with van der Waals surface area (Å²) < 4.78 is 6.07. The zero-order chi connectivity index (χ0) is 18.8.